The van der Waals surface area contributed by atoms with Crippen LogP contribution in [0.5, 0.6) is 0 Å². The summed E-state index contributed by atoms with van der Waals surface area (Å²) < 4.78 is 6.76. The number of carbonyl (C=O) groups excluding carboxylic acids is 1. The molecule has 0 spiro atoms. The van der Waals surface area contributed by atoms with E-state index in [1.165, 1.54) is 12.7 Å². The van der Waals surface area contributed by atoms with E-state index in [1.54, 1.807) is 10.7 Å². The van der Waals surface area contributed by atoms with Crippen LogP contribution in [0.3, 0.4) is 0 Å². The maximum Gasteiger partial charge on any atom is 0.338 e. The summed E-state index contributed by atoms with van der Waals surface area (Å²) >= 11 is 0. The maximum absolute atomic E-state index is 12.3. The number of carbonyl (C=O) groups is 1. The first-order chi connectivity index (χ1) is 11.2. The van der Waals surface area contributed by atoms with Gasteiger partial charge in [-0.3, -0.25) is 0 Å². The molecule has 116 valence electrons. The molecule has 1 aliphatic carbocycles. The van der Waals surface area contributed by atoms with Gasteiger partial charge in [0.25, 0.3) is 0 Å². The molecule has 2 heterocycles. The second-order valence-corrected chi connectivity index (χ2v) is 5.81. The van der Waals surface area contributed by atoms with Gasteiger partial charge in [-0.2, -0.15) is 5.10 Å². The largest absolute Gasteiger partial charge is 0.465 e. The van der Waals surface area contributed by atoms with Gasteiger partial charge >= 0.3 is 5.97 Å². The van der Waals surface area contributed by atoms with E-state index in [0.717, 1.165) is 41.5 Å². The number of nitrogen functional groups attached to an aromatic ring is 1. The van der Waals surface area contributed by atoms with Gasteiger partial charge in [0.1, 0.15) is 0 Å². The highest BCUT2D eigenvalue weighted by atomic mass is 16.5. The third-order valence-corrected chi connectivity index (χ3v) is 4.54. The summed E-state index contributed by atoms with van der Waals surface area (Å²) in [5.74, 6) is -0.352. The van der Waals surface area contributed by atoms with Crippen molar-refractivity contribution in [2.45, 2.75) is 19.3 Å². The maximum atomic E-state index is 12.3. The van der Waals surface area contributed by atoms with Crippen LogP contribution in [-0.2, 0) is 17.6 Å². The van der Waals surface area contributed by atoms with Crippen LogP contribution in [0, 0.1) is 0 Å². The smallest absolute Gasteiger partial charge is 0.338 e. The summed E-state index contributed by atoms with van der Waals surface area (Å²) in [4.78, 5) is 12.3. The first-order valence-electron chi connectivity index (χ1n) is 7.65. The number of esters is 1. The van der Waals surface area contributed by atoms with Gasteiger partial charge in [0, 0.05) is 23.6 Å². The van der Waals surface area contributed by atoms with E-state index in [0.29, 0.717) is 11.3 Å². The van der Waals surface area contributed by atoms with E-state index in [4.69, 9.17) is 10.5 Å². The lowest BCUT2D eigenvalue weighted by molar-refractivity contribution is 0.0601. The molecule has 0 fully saturated rings. The number of hydrogen-bond acceptors (Lipinski definition) is 4. The molecule has 5 heteroatoms. The first kappa shape index (κ1) is 13.8. The number of aryl methyl sites for hydroxylation is 1. The SMILES string of the molecule is COC(=O)c1cc2c(c(N)c1-c1ccn3nccc3c1)CCC2. The van der Waals surface area contributed by atoms with Crippen LogP contribution in [0.1, 0.15) is 27.9 Å². The number of nitrogens with zero attached hydrogens (tertiary/aromatic N) is 2. The van der Waals surface area contributed by atoms with Crippen molar-refractivity contribution in [3.05, 3.63) is 53.3 Å². The van der Waals surface area contributed by atoms with Crippen molar-refractivity contribution < 1.29 is 9.53 Å². The van der Waals surface area contributed by atoms with E-state index in [1.807, 2.05) is 30.5 Å². The number of nitrogens with two attached hydrogens (primary N) is 1. The molecule has 0 radical (unpaired) electrons. The minimum absolute atomic E-state index is 0.352. The quantitative estimate of drug-likeness (QED) is 0.584. The van der Waals surface area contributed by atoms with Gasteiger partial charge in [-0.25, -0.2) is 9.31 Å². The number of aromatic nitrogens is 2. The molecule has 0 saturated heterocycles. The summed E-state index contributed by atoms with van der Waals surface area (Å²) in [5, 5.41) is 4.20. The van der Waals surface area contributed by atoms with E-state index < -0.39 is 0 Å². The topological polar surface area (TPSA) is 69.6 Å². The summed E-state index contributed by atoms with van der Waals surface area (Å²) in [7, 11) is 1.40. The highest BCUT2D eigenvalue weighted by molar-refractivity contribution is 6.02. The molecule has 3 aromatic rings. The van der Waals surface area contributed by atoms with Gasteiger partial charge < -0.3 is 10.5 Å². The van der Waals surface area contributed by atoms with Crippen molar-refractivity contribution >= 4 is 17.2 Å². The minimum Gasteiger partial charge on any atom is -0.465 e. The van der Waals surface area contributed by atoms with Crippen molar-refractivity contribution in [1.29, 1.82) is 0 Å². The molecule has 2 aromatic heterocycles. The van der Waals surface area contributed by atoms with E-state index in [2.05, 4.69) is 5.10 Å². The van der Waals surface area contributed by atoms with E-state index >= 15 is 0 Å². The second kappa shape index (κ2) is 5.12. The predicted octanol–water partition coefficient (Wildman–Crippen LogP) is 2.86. The Balaban J connectivity index is 2.00. The van der Waals surface area contributed by atoms with Gasteiger partial charge in [0.2, 0.25) is 0 Å². The zero-order valence-corrected chi connectivity index (χ0v) is 12.9. The Morgan fingerprint density at radius 3 is 3.00 bits per heavy atom. The normalized spacial score (nSPS) is 13.3. The minimum atomic E-state index is -0.352. The van der Waals surface area contributed by atoms with Crippen molar-refractivity contribution in [2.75, 3.05) is 12.8 Å². The number of anilines is 1. The van der Waals surface area contributed by atoms with E-state index in [9.17, 15) is 4.79 Å². The van der Waals surface area contributed by atoms with Crippen molar-refractivity contribution in [3.8, 4) is 11.1 Å². The fraction of sp³-hybridized carbons (Fsp3) is 0.222. The first-order valence-corrected chi connectivity index (χ1v) is 7.65. The molecule has 23 heavy (non-hydrogen) atoms. The van der Waals surface area contributed by atoms with Gasteiger partial charge in [0.15, 0.2) is 0 Å². The second-order valence-electron chi connectivity index (χ2n) is 5.81. The van der Waals surface area contributed by atoms with Gasteiger partial charge in [-0.1, -0.05) is 0 Å². The van der Waals surface area contributed by atoms with Crippen LogP contribution in [0.15, 0.2) is 36.7 Å². The highest BCUT2D eigenvalue weighted by Gasteiger charge is 2.24. The Kier molecular flexibility index (Phi) is 3.08. The van der Waals surface area contributed by atoms with Crippen LogP contribution in [-0.4, -0.2) is 22.7 Å². The number of methoxy groups -OCH3 is 1. The molecule has 0 unspecified atom stereocenters. The van der Waals surface area contributed by atoms with E-state index in [-0.39, 0.29) is 5.97 Å². The van der Waals surface area contributed by atoms with Crippen LogP contribution >= 0.6 is 0 Å². The summed E-state index contributed by atoms with van der Waals surface area (Å²) in [5.41, 5.74) is 12.6. The average molecular weight is 307 g/mol. The monoisotopic (exact) mass is 307 g/mol. The van der Waals surface area contributed by atoms with Crippen LogP contribution in [0.25, 0.3) is 16.6 Å². The number of fused-ring (bicyclic) bond motifs is 2. The summed E-state index contributed by atoms with van der Waals surface area (Å²) in [6.07, 6.45) is 6.62. The molecule has 0 saturated carbocycles. The number of hydrogen-bond donors (Lipinski definition) is 1. The zero-order valence-electron chi connectivity index (χ0n) is 12.9. The van der Waals surface area contributed by atoms with Crippen molar-refractivity contribution in [2.24, 2.45) is 0 Å². The van der Waals surface area contributed by atoms with Gasteiger partial charge in [0.05, 0.1) is 18.2 Å². The zero-order chi connectivity index (χ0) is 16.0. The fourth-order valence-electron chi connectivity index (χ4n) is 3.44. The number of ether oxygens (including phenoxy) is 1. The Hall–Kier alpha value is -2.82. The third-order valence-electron chi connectivity index (χ3n) is 4.54. The number of pyridine rings is 1. The van der Waals surface area contributed by atoms with Crippen LogP contribution in [0.2, 0.25) is 0 Å². The molecule has 0 aliphatic heterocycles. The Morgan fingerprint density at radius 1 is 1.30 bits per heavy atom. The average Bonchev–Trinajstić information content (AvgIpc) is 3.21. The summed E-state index contributed by atoms with van der Waals surface area (Å²) in [6.45, 7) is 0. The fourth-order valence-corrected chi connectivity index (χ4v) is 3.44. The molecule has 5 nitrogen and oxygen atoms in total. The lowest BCUT2D eigenvalue weighted by Gasteiger charge is -2.16. The molecular formula is C18H17N3O2. The Morgan fingerprint density at radius 2 is 2.17 bits per heavy atom. The van der Waals surface area contributed by atoms with Crippen LogP contribution in [0.4, 0.5) is 5.69 Å². The number of benzene rings is 1. The molecular weight excluding hydrogens is 290 g/mol. The number of rotatable bonds is 2. The molecule has 0 bridgehead atoms. The molecule has 4 rings (SSSR count). The van der Waals surface area contributed by atoms with Crippen molar-refractivity contribution in [1.82, 2.24) is 9.61 Å². The lowest BCUT2D eigenvalue weighted by Crippen LogP contribution is -2.09. The van der Waals surface area contributed by atoms with Gasteiger partial charge in [-0.05, 0) is 60.2 Å². The van der Waals surface area contributed by atoms with Crippen molar-refractivity contribution in [3.63, 3.8) is 0 Å². The Bertz CT molecular complexity index is 927. The molecule has 1 aromatic carbocycles. The third kappa shape index (κ3) is 2.08. The molecule has 0 amide bonds. The molecule has 1 aliphatic rings. The van der Waals surface area contributed by atoms with Gasteiger partial charge in [-0.15, -0.1) is 0 Å². The van der Waals surface area contributed by atoms with Crippen LogP contribution < -0.4 is 5.73 Å². The lowest BCUT2D eigenvalue weighted by atomic mass is 9.92. The standard InChI is InChI=1S/C18H17N3O2/c1-23-18(22)15-10-11-3-2-4-14(11)17(19)16(15)12-6-8-21-13(9-12)5-7-20-21/h5-10H,2-4,19H2,1H3. The Labute approximate surface area is 133 Å². The summed E-state index contributed by atoms with van der Waals surface area (Å²) in [6, 6.07) is 7.79. The molecule has 0 atom stereocenters. The molecule has 2 N–H and O–H groups in total. The highest BCUT2D eigenvalue weighted by Crippen LogP contribution is 2.39. The predicted molar refractivity (Wildman–Crippen MR) is 88.4 cm³/mol.